The predicted octanol–water partition coefficient (Wildman–Crippen LogP) is 1.89. The Morgan fingerprint density at radius 2 is 2.21 bits per heavy atom. The second-order valence-electron chi connectivity index (χ2n) is 5.26. The number of phenolic OH excluding ortho intramolecular Hbond substituents is 1. The van der Waals surface area contributed by atoms with Gasteiger partial charge in [0.05, 0.1) is 19.3 Å². The molecule has 1 aliphatic heterocycles. The zero-order chi connectivity index (χ0) is 17.5. The zero-order valence-electron chi connectivity index (χ0n) is 13.3. The molecule has 0 spiro atoms. The summed E-state index contributed by atoms with van der Waals surface area (Å²) in [4.78, 5) is 16.7. The van der Waals surface area contributed by atoms with Gasteiger partial charge in [0.1, 0.15) is 18.3 Å². The number of carbonyl (C=O) groups is 1. The number of hydrogen-bond acceptors (Lipinski definition) is 6. The SMILES string of the molecule is CC1=NC(=S)NC(c2cccc(O)c2)C1C(=O)OCCOCCS. The first-order valence-corrected chi connectivity index (χ1v) is 8.57. The van der Waals surface area contributed by atoms with E-state index in [1.807, 2.05) is 6.07 Å². The van der Waals surface area contributed by atoms with Crippen molar-refractivity contribution in [3.63, 3.8) is 0 Å². The molecule has 130 valence electrons. The Morgan fingerprint density at radius 1 is 1.42 bits per heavy atom. The highest BCUT2D eigenvalue weighted by atomic mass is 32.1. The molecule has 2 unspecified atom stereocenters. The van der Waals surface area contributed by atoms with Gasteiger partial charge in [0.25, 0.3) is 0 Å². The van der Waals surface area contributed by atoms with Crippen LogP contribution in [-0.2, 0) is 14.3 Å². The van der Waals surface area contributed by atoms with Crippen LogP contribution in [0, 0.1) is 5.92 Å². The zero-order valence-corrected chi connectivity index (χ0v) is 15.0. The van der Waals surface area contributed by atoms with Crippen LogP contribution in [0.15, 0.2) is 29.3 Å². The van der Waals surface area contributed by atoms with Crippen LogP contribution in [0.2, 0.25) is 0 Å². The summed E-state index contributed by atoms with van der Waals surface area (Å²) < 4.78 is 10.5. The van der Waals surface area contributed by atoms with E-state index in [4.69, 9.17) is 21.7 Å². The first kappa shape index (κ1) is 18.7. The minimum atomic E-state index is -0.622. The third-order valence-electron chi connectivity index (χ3n) is 3.53. The number of benzene rings is 1. The second kappa shape index (κ2) is 9.00. The summed E-state index contributed by atoms with van der Waals surface area (Å²) in [5.41, 5.74) is 1.31. The van der Waals surface area contributed by atoms with Gasteiger partial charge >= 0.3 is 5.97 Å². The summed E-state index contributed by atoms with van der Waals surface area (Å²) >= 11 is 9.16. The lowest BCUT2D eigenvalue weighted by molar-refractivity contribution is -0.148. The van der Waals surface area contributed by atoms with Crippen LogP contribution in [0.4, 0.5) is 0 Å². The molecule has 0 saturated carbocycles. The van der Waals surface area contributed by atoms with Crippen molar-refractivity contribution in [2.24, 2.45) is 10.9 Å². The summed E-state index contributed by atoms with van der Waals surface area (Å²) in [7, 11) is 0. The van der Waals surface area contributed by atoms with Gasteiger partial charge < -0.3 is 19.9 Å². The first-order chi connectivity index (χ1) is 11.5. The summed E-state index contributed by atoms with van der Waals surface area (Å²) in [5, 5.41) is 13.0. The van der Waals surface area contributed by atoms with E-state index in [2.05, 4.69) is 22.9 Å². The standard InChI is InChI=1S/C16H20N2O4S2/c1-10-13(15(20)22-6-5-21-7-8-23)14(18-16(24)17-10)11-3-2-4-12(19)9-11/h2-4,9,13-14,19,23H,5-8H2,1H3,(H,18,24). The van der Waals surface area contributed by atoms with E-state index < -0.39 is 17.9 Å². The summed E-state index contributed by atoms with van der Waals surface area (Å²) in [6.45, 7) is 2.73. The number of rotatable bonds is 7. The number of phenols is 1. The molecule has 0 aliphatic carbocycles. The van der Waals surface area contributed by atoms with Gasteiger partial charge in [-0.15, -0.1) is 0 Å². The number of hydrogen-bond donors (Lipinski definition) is 3. The quantitative estimate of drug-likeness (QED) is 0.295. The molecule has 0 amide bonds. The topological polar surface area (TPSA) is 80.2 Å². The third kappa shape index (κ3) is 4.93. The van der Waals surface area contributed by atoms with E-state index in [9.17, 15) is 9.90 Å². The van der Waals surface area contributed by atoms with Gasteiger partial charge in [-0.05, 0) is 36.8 Å². The second-order valence-corrected chi connectivity index (χ2v) is 6.09. The molecule has 1 heterocycles. The fraction of sp³-hybridized carbons (Fsp3) is 0.438. The molecular formula is C16H20N2O4S2. The molecule has 24 heavy (non-hydrogen) atoms. The van der Waals surface area contributed by atoms with Crippen LogP contribution >= 0.6 is 24.8 Å². The van der Waals surface area contributed by atoms with Crippen LogP contribution in [0.3, 0.4) is 0 Å². The predicted molar refractivity (Wildman–Crippen MR) is 98.8 cm³/mol. The van der Waals surface area contributed by atoms with Crippen LogP contribution in [0.5, 0.6) is 5.75 Å². The summed E-state index contributed by atoms with van der Waals surface area (Å²) in [5.74, 6) is -0.298. The van der Waals surface area contributed by atoms with Gasteiger partial charge in [-0.3, -0.25) is 4.79 Å². The molecule has 1 aliphatic rings. The molecule has 0 fully saturated rings. The molecule has 0 radical (unpaired) electrons. The maximum atomic E-state index is 12.5. The monoisotopic (exact) mass is 368 g/mol. The number of nitrogens with zero attached hydrogens (tertiary/aromatic N) is 1. The van der Waals surface area contributed by atoms with Crippen LogP contribution in [0.25, 0.3) is 0 Å². The number of aromatic hydroxyl groups is 1. The molecule has 1 aromatic rings. The van der Waals surface area contributed by atoms with E-state index in [-0.39, 0.29) is 12.4 Å². The maximum Gasteiger partial charge on any atom is 0.317 e. The smallest absolute Gasteiger partial charge is 0.317 e. The van der Waals surface area contributed by atoms with E-state index in [0.717, 1.165) is 5.56 Å². The van der Waals surface area contributed by atoms with E-state index in [1.165, 1.54) is 0 Å². The van der Waals surface area contributed by atoms with Crippen molar-refractivity contribution in [3.8, 4) is 5.75 Å². The Morgan fingerprint density at radius 3 is 2.92 bits per heavy atom. The van der Waals surface area contributed by atoms with Gasteiger partial charge in [-0.1, -0.05) is 12.1 Å². The summed E-state index contributed by atoms with van der Waals surface area (Å²) in [6, 6.07) is 6.25. The minimum Gasteiger partial charge on any atom is -0.508 e. The van der Waals surface area contributed by atoms with Gasteiger partial charge in [0.15, 0.2) is 5.11 Å². The number of aliphatic imine (C=N–C) groups is 1. The third-order valence-corrected chi connectivity index (χ3v) is 3.92. The molecule has 0 saturated heterocycles. The fourth-order valence-corrected chi connectivity index (χ4v) is 2.88. The van der Waals surface area contributed by atoms with Crippen molar-refractivity contribution in [1.29, 1.82) is 0 Å². The van der Waals surface area contributed by atoms with Crippen molar-refractivity contribution in [1.82, 2.24) is 5.32 Å². The lowest BCUT2D eigenvalue weighted by Gasteiger charge is -2.31. The highest BCUT2D eigenvalue weighted by Gasteiger charge is 2.37. The van der Waals surface area contributed by atoms with Crippen molar-refractivity contribution in [2.45, 2.75) is 13.0 Å². The molecule has 1 aromatic carbocycles. The van der Waals surface area contributed by atoms with Gasteiger partial charge in [-0.25, -0.2) is 4.99 Å². The Bertz CT molecular complexity index is 636. The highest BCUT2D eigenvalue weighted by molar-refractivity contribution is 7.80. The van der Waals surface area contributed by atoms with E-state index in [1.54, 1.807) is 25.1 Å². The fourth-order valence-electron chi connectivity index (χ4n) is 2.48. The average Bonchev–Trinajstić information content (AvgIpc) is 2.53. The Balaban J connectivity index is 2.11. The van der Waals surface area contributed by atoms with Gasteiger partial charge in [-0.2, -0.15) is 12.6 Å². The van der Waals surface area contributed by atoms with Crippen molar-refractivity contribution < 1.29 is 19.4 Å². The van der Waals surface area contributed by atoms with Crippen molar-refractivity contribution in [3.05, 3.63) is 29.8 Å². The van der Waals surface area contributed by atoms with Crippen LogP contribution < -0.4 is 5.32 Å². The highest BCUT2D eigenvalue weighted by Crippen LogP contribution is 2.29. The maximum absolute atomic E-state index is 12.5. The number of thiol groups is 1. The molecule has 2 N–H and O–H groups in total. The molecule has 0 aromatic heterocycles. The lowest BCUT2D eigenvalue weighted by Crippen LogP contribution is -2.44. The average molecular weight is 368 g/mol. The molecule has 2 atom stereocenters. The number of thiocarbonyl (C=S) groups is 1. The molecule has 8 heteroatoms. The number of carbonyl (C=O) groups excluding carboxylic acids is 1. The minimum absolute atomic E-state index is 0.118. The Labute approximate surface area is 151 Å². The lowest BCUT2D eigenvalue weighted by atomic mass is 9.88. The van der Waals surface area contributed by atoms with Gasteiger partial charge in [0, 0.05) is 11.5 Å². The molecular weight excluding hydrogens is 348 g/mol. The molecule has 0 bridgehead atoms. The van der Waals surface area contributed by atoms with Crippen LogP contribution in [-0.4, -0.2) is 47.5 Å². The normalized spacial score (nSPS) is 20.2. The molecule has 6 nitrogen and oxygen atoms in total. The van der Waals surface area contributed by atoms with E-state index >= 15 is 0 Å². The number of esters is 1. The Kier molecular flexibility index (Phi) is 7.01. The van der Waals surface area contributed by atoms with Crippen LogP contribution in [0.1, 0.15) is 18.5 Å². The number of ether oxygens (including phenoxy) is 2. The largest absolute Gasteiger partial charge is 0.508 e. The number of nitrogens with one attached hydrogen (secondary N) is 1. The Hall–Kier alpha value is -1.64. The first-order valence-electron chi connectivity index (χ1n) is 7.52. The molecule has 2 rings (SSSR count). The van der Waals surface area contributed by atoms with Crippen molar-refractivity contribution >= 4 is 41.6 Å². The summed E-state index contributed by atoms with van der Waals surface area (Å²) in [6.07, 6.45) is 0. The van der Waals surface area contributed by atoms with E-state index in [0.29, 0.717) is 29.8 Å². The van der Waals surface area contributed by atoms with Gasteiger partial charge in [0.2, 0.25) is 0 Å². The van der Waals surface area contributed by atoms with Crippen molar-refractivity contribution in [2.75, 3.05) is 25.6 Å².